The number of nitrogens with zero attached hydrogens (tertiary/aromatic N) is 1. The zero-order valence-electron chi connectivity index (χ0n) is 10.4. The van der Waals surface area contributed by atoms with Gasteiger partial charge >= 0.3 is 0 Å². The first-order valence-electron chi connectivity index (χ1n) is 6.50. The van der Waals surface area contributed by atoms with Crippen molar-refractivity contribution < 1.29 is 9.90 Å². The van der Waals surface area contributed by atoms with Crippen molar-refractivity contribution in [2.24, 2.45) is 5.92 Å². The molecule has 3 nitrogen and oxygen atoms in total. The molecule has 1 aliphatic heterocycles. The average Bonchev–Trinajstić information content (AvgIpc) is 2.26. The number of piperidine rings is 1. The van der Waals surface area contributed by atoms with E-state index in [1.54, 1.807) is 6.92 Å². The third-order valence-corrected chi connectivity index (χ3v) is 4.60. The number of fused-ring (bicyclic) bond motifs is 1. The Morgan fingerprint density at radius 3 is 2.88 bits per heavy atom. The topological polar surface area (TPSA) is 40.5 Å². The number of ketones is 1. The molecular formula is C13H23NO2. The summed E-state index contributed by atoms with van der Waals surface area (Å²) < 4.78 is 0. The average molecular weight is 225 g/mol. The van der Waals surface area contributed by atoms with Gasteiger partial charge in [0.15, 0.2) is 0 Å². The summed E-state index contributed by atoms with van der Waals surface area (Å²) in [7, 11) is 0. The lowest BCUT2D eigenvalue weighted by atomic mass is 9.71. The molecule has 92 valence electrons. The first-order valence-corrected chi connectivity index (χ1v) is 6.50. The van der Waals surface area contributed by atoms with Gasteiger partial charge in [-0.05, 0) is 33.1 Å². The summed E-state index contributed by atoms with van der Waals surface area (Å²) in [6, 6.07) is 0.0199. The second-order valence-corrected chi connectivity index (χ2v) is 5.58. The van der Waals surface area contributed by atoms with E-state index in [1.165, 1.54) is 6.42 Å². The van der Waals surface area contributed by atoms with Crippen molar-refractivity contribution in [3.05, 3.63) is 0 Å². The molecule has 1 heterocycles. The normalized spacial score (nSPS) is 37.8. The highest BCUT2D eigenvalue weighted by molar-refractivity contribution is 5.80. The fourth-order valence-corrected chi connectivity index (χ4v) is 3.21. The Balaban J connectivity index is 2.02. The van der Waals surface area contributed by atoms with Gasteiger partial charge in [0.2, 0.25) is 0 Å². The van der Waals surface area contributed by atoms with E-state index < -0.39 is 5.60 Å². The zero-order chi connectivity index (χ0) is 11.8. The highest BCUT2D eigenvalue weighted by Crippen LogP contribution is 2.40. The highest BCUT2D eigenvalue weighted by atomic mass is 16.3. The lowest BCUT2D eigenvalue weighted by Gasteiger charge is -2.48. The van der Waals surface area contributed by atoms with Crippen LogP contribution in [-0.2, 0) is 4.79 Å². The summed E-state index contributed by atoms with van der Waals surface area (Å²) in [4.78, 5) is 13.6. The molecule has 16 heavy (non-hydrogen) atoms. The molecule has 0 aromatic rings. The zero-order valence-corrected chi connectivity index (χ0v) is 10.4. The van der Waals surface area contributed by atoms with Gasteiger partial charge in [0.25, 0.3) is 0 Å². The van der Waals surface area contributed by atoms with Crippen molar-refractivity contribution in [2.75, 3.05) is 13.1 Å². The maximum absolute atomic E-state index is 11.4. The molecule has 3 atom stereocenters. The number of likely N-dealkylation sites (tertiary alicyclic amines) is 1. The first kappa shape index (κ1) is 12.1. The van der Waals surface area contributed by atoms with Gasteiger partial charge in [-0.15, -0.1) is 0 Å². The number of hydrogen-bond acceptors (Lipinski definition) is 3. The van der Waals surface area contributed by atoms with Crippen molar-refractivity contribution in [1.82, 2.24) is 4.90 Å². The smallest absolute Gasteiger partial charge is 0.146 e. The van der Waals surface area contributed by atoms with Gasteiger partial charge in [0.05, 0.1) is 11.6 Å². The Bertz CT molecular complexity index is 279. The molecule has 1 saturated carbocycles. The lowest BCUT2D eigenvalue weighted by Crippen LogP contribution is -2.56. The Labute approximate surface area is 97.8 Å². The molecule has 3 heteroatoms. The van der Waals surface area contributed by atoms with E-state index in [0.29, 0.717) is 5.92 Å². The summed E-state index contributed by atoms with van der Waals surface area (Å²) >= 11 is 0. The molecule has 1 saturated heterocycles. The maximum atomic E-state index is 11.4. The van der Waals surface area contributed by atoms with Crippen molar-refractivity contribution >= 4 is 5.78 Å². The minimum Gasteiger partial charge on any atom is -0.390 e. The number of rotatable bonds is 2. The Morgan fingerprint density at radius 1 is 1.44 bits per heavy atom. The molecule has 0 radical (unpaired) electrons. The SMILES string of the molecule is CC(=O)C(C)N1CCC2(O)CCCCC2C1. The van der Waals surface area contributed by atoms with Crippen LogP contribution < -0.4 is 0 Å². The van der Waals surface area contributed by atoms with Crippen molar-refractivity contribution in [3.63, 3.8) is 0 Å². The van der Waals surface area contributed by atoms with Gasteiger partial charge in [-0.25, -0.2) is 0 Å². The fraction of sp³-hybridized carbons (Fsp3) is 0.923. The monoisotopic (exact) mass is 225 g/mol. The van der Waals surface area contributed by atoms with E-state index in [9.17, 15) is 9.90 Å². The van der Waals surface area contributed by atoms with E-state index in [4.69, 9.17) is 0 Å². The second kappa shape index (κ2) is 4.46. The van der Waals surface area contributed by atoms with Gasteiger partial charge in [-0.1, -0.05) is 12.8 Å². The second-order valence-electron chi connectivity index (χ2n) is 5.58. The number of Topliss-reactive ketones (excluding diaryl/α,β-unsaturated/α-hetero) is 1. The highest BCUT2D eigenvalue weighted by Gasteiger charge is 2.43. The van der Waals surface area contributed by atoms with Crippen LogP contribution in [0.25, 0.3) is 0 Å². The Kier molecular flexibility index (Phi) is 3.36. The fourth-order valence-electron chi connectivity index (χ4n) is 3.21. The van der Waals surface area contributed by atoms with Crippen LogP contribution in [0.5, 0.6) is 0 Å². The van der Waals surface area contributed by atoms with Crippen LogP contribution in [0.4, 0.5) is 0 Å². The standard InChI is InChI=1S/C13H23NO2/c1-10(11(2)15)14-8-7-13(16)6-4-3-5-12(13)9-14/h10,12,16H,3-9H2,1-2H3. The van der Waals surface area contributed by atoms with Crippen LogP contribution in [0.1, 0.15) is 46.0 Å². The molecule has 0 aromatic carbocycles. The molecule has 2 rings (SSSR count). The minimum atomic E-state index is -0.425. The molecule has 2 fully saturated rings. The molecule has 0 bridgehead atoms. The number of carbonyl (C=O) groups excluding carboxylic acids is 1. The van der Waals surface area contributed by atoms with Crippen LogP contribution in [0.15, 0.2) is 0 Å². The third kappa shape index (κ3) is 2.16. The summed E-state index contributed by atoms with van der Waals surface area (Å²) in [6.07, 6.45) is 5.32. The summed E-state index contributed by atoms with van der Waals surface area (Å²) in [5.74, 6) is 0.623. The van der Waals surface area contributed by atoms with Gasteiger partial charge in [-0.3, -0.25) is 9.69 Å². The molecule has 1 aliphatic carbocycles. The van der Waals surface area contributed by atoms with Gasteiger partial charge in [0, 0.05) is 19.0 Å². The molecule has 0 amide bonds. The summed E-state index contributed by atoms with van der Waals surface area (Å²) in [5, 5.41) is 10.5. The molecule has 2 aliphatic rings. The minimum absolute atomic E-state index is 0.0199. The van der Waals surface area contributed by atoms with E-state index in [1.807, 2.05) is 6.92 Å². The summed E-state index contributed by atoms with van der Waals surface area (Å²) in [5.41, 5.74) is -0.425. The molecule has 1 N–H and O–H groups in total. The van der Waals surface area contributed by atoms with Crippen molar-refractivity contribution in [1.29, 1.82) is 0 Å². The Morgan fingerprint density at radius 2 is 2.19 bits per heavy atom. The number of carbonyl (C=O) groups is 1. The predicted molar refractivity (Wildman–Crippen MR) is 63.2 cm³/mol. The van der Waals surface area contributed by atoms with E-state index >= 15 is 0 Å². The first-order chi connectivity index (χ1) is 7.53. The maximum Gasteiger partial charge on any atom is 0.146 e. The third-order valence-electron chi connectivity index (χ3n) is 4.60. The van der Waals surface area contributed by atoms with E-state index in [2.05, 4.69) is 4.90 Å². The number of aliphatic hydroxyl groups is 1. The summed E-state index contributed by atoms with van der Waals surface area (Å²) in [6.45, 7) is 5.41. The van der Waals surface area contributed by atoms with Crippen molar-refractivity contribution in [2.45, 2.75) is 57.6 Å². The predicted octanol–water partition coefficient (Wildman–Crippen LogP) is 1.59. The van der Waals surface area contributed by atoms with Crippen LogP contribution in [0.3, 0.4) is 0 Å². The molecular weight excluding hydrogens is 202 g/mol. The van der Waals surface area contributed by atoms with E-state index in [0.717, 1.165) is 38.8 Å². The van der Waals surface area contributed by atoms with Gasteiger partial charge < -0.3 is 5.11 Å². The quantitative estimate of drug-likeness (QED) is 0.776. The molecule has 3 unspecified atom stereocenters. The van der Waals surface area contributed by atoms with Gasteiger partial charge in [0.1, 0.15) is 5.78 Å². The van der Waals surface area contributed by atoms with E-state index in [-0.39, 0.29) is 11.8 Å². The van der Waals surface area contributed by atoms with Crippen LogP contribution in [0.2, 0.25) is 0 Å². The molecule has 0 spiro atoms. The number of hydrogen-bond donors (Lipinski definition) is 1. The lowest BCUT2D eigenvalue weighted by molar-refractivity contribution is -0.129. The van der Waals surface area contributed by atoms with Crippen LogP contribution >= 0.6 is 0 Å². The van der Waals surface area contributed by atoms with Crippen LogP contribution in [-0.4, -0.2) is 40.5 Å². The van der Waals surface area contributed by atoms with Gasteiger partial charge in [-0.2, -0.15) is 0 Å². The Hall–Kier alpha value is -0.410. The molecule has 0 aromatic heterocycles. The van der Waals surface area contributed by atoms with Crippen molar-refractivity contribution in [3.8, 4) is 0 Å². The largest absolute Gasteiger partial charge is 0.390 e. The van der Waals surface area contributed by atoms with Crippen LogP contribution in [0, 0.1) is 5.92 Å².